The molecule has 0 radical (unpaired) electrons. The highest BCUT2D eigenvalue weighted by Crippen LogP contribution is 2.07. The molecule has 0 aliphatic carbocycles. The van der Waals surface area contributed by atoms with E-state index < -0.39 is 5.60 Å². The van der Waals surface area contributed by atoms with Crippen molar-refractivity contribution in [3.63, 3.8) is 0 Å². The summed E-state index contributed by atoms with van der Waals surface area (Å²) in [5.74, 6) is 0.627. The van der Waals surface area contributed by atoms with Gasteiger partial charge in [-0.15, -0.1) is 0 Å². The van der Waals surface area contributed by atoms with Gasteiger partial charge in [-0.1, -0.05) is 25.5 Å². The lowest BCUT2D eigenvalue weighted by atomic mass is 10.0. The maximum atomic E-state index is 9.86. The summed E-state index contributed by atoms with van der Waals surface area (Å²) in [5, 5.41) is 13.1. The van der Waals surface area contributed by atoms with E-state index in [1.807, 2.05) is 26.8 Å². The minimum Gasteiger partial charge on any atom is -0.385 e. The highest BCUT2D eigenvalue weighted by Gasteiger charge is 2.15. The molecule has 0 rings (SSSR count). The minimum absolute atomic E-state index is 0.621. The summed E-state index contributed by atoms with van der Waals surface area (Å²) < 4.78 is 0. The predicted molar refractivity (Wildman–Crippen MR) is 57.8 cm³/mol. The van der Waals surface area contributed by atoms with Crippen molar-refractivity contribution < 1.29 is 5.11 Å². The van der Waals surface area contributed by atoms with Crippen molar-refractivity contribution in [1.29, 1.82) is 0 Å². The number of nitrogens with one attached hydrogen (secondary N) is 1. The van der Waals surface area contributed by atoms with Gasteiger partial charge in [0.05, 0.1) is 5.60 Å². The van der Waals surface area contributed by atoms with Gasteiger partial charge in [0.2, 0.25) is 0 Å². The van der Waals surface area contributed by atoms with Gasteiger partial charge in [-0.05, 0) is 33.2 Å². The van der Waals surface area contributed by atoms with E-state index in [9.17, 15) is 5.11 Å². The van der Waals surface area contributed by atoms with Gasteiger partial charge < -0.3 is 10.4 Å². The van der Waals surface area contributed by atoms with Crippen LogP contribution >= 0.6 is 0 Å². The van der Waals surface area contributed by atoms with Gasteiger partial charge in [-0.25, -0.2) is 0 Å². The van der Waals surface area contributed by atoms with Gasteiger partial charge in [0.25, 0.3) is 0 Å². The van der Waals surface area contributed by atoms with Gasteiger partial charge in [0, 0.05) is 6.54 Å². The molecule has 0 aromatic heterocycles. The molecule has 0 aromatic rings. The Bertz CT molecular complexity index is 167. The molecule has 0 fully saturated rings. The molecule has 0 aliphatic heterocycles. The van der Waals surface area contributed by atoms with Crippen molar-refractivity contribution in [3.05, 3.63) is 11.6 Å². The van der Waals surface area contributed by atoms with Gasteiger partial charge in [-0.2, -0.15) is 0 Å². The molecular weight excluding hydrogens is 162 g/mol. The number of aliphatic hydroxyl groups is 1. The highest BCUT2D eigenvalue weighted by molar-refractivity contribution is 5.05. The summed E-state index contributed by atoms with van der Waals surface area (Å²) in [4.78, 5) is 0. The van der Waals surface area contributed by atoms with Crippen LogP contribution in [-0.4, -0.2) is 23.8 Å². The molecule has 2 nitrogen and oxygen atoms in total. The van der Waals surface area contributed by atoms with E-state index in [0.717, 1.165) is 12.1 Å². The molecule has 1 atom stereocenters. The fraction of sp³-hybridized carbons (Fsp3) is 0.818. The number of hydrogen-bond donors (Lipinski definition) is 2. The van der Waals surface area contributed by atoms with Crippen molar-refractivity contribution in [2.75, 3.05) is 13.1 Å². The standard InChI is InChI=1S/C11H23NO/c1-9(2)6-11(5,13)8-12-7-10(3)4/h6,10,12-13H,7-8H2,1-5H3. The van der Waals surface area contributed by atoms with Crippen molar-refractivity contribution in [2.24, 2.45) is 5.92 Å². The van der Waals surface area contributed by atoms with Crippen LogP contribution in [0.3, 0.4) is 0 Å². The summed E-state index contributed by atoms with van der Waals surface area (Å²) >= 11 is 0. The fourth-order valence-corrected chi connectivity index (χ4v) is 1.29. The first-order valence-electron chi connectivity index (χ1n) is 4.92. The Balaban J connectivity index is 3.83. The lowest BCUT2D eigenvalue weighted by molar-refractivity contribution is 0.109. The second-order valence-corrected chi connectivity index (χ2v) is 4.60. The van der Waals surface area contributed by atoms with E-state index >= 15 is 0 Å². The first-order valence-corrected chi connectivity index (χ1v) is 4.92. The Labute approximate surface area is 82.0 Å². The first kappa shape index (κ1) is 12.7. The molecule has 0 saturated carbocycles. The van der Waals surface area contributed by atoms with Gasteiger partial charge in [0.15, 0.2) is 0 Å². The Morgan fingerprint density at radius 3 is 2.38 bits per heavy atom. The average Bonchev–Trinajstić information content (AvgIpc) is 1.81. The molecule has 0 saturated heterocycles. The van der Waals surface area contributed by atoms with Crippen LogP contribution in [-0.2, 0) is 0 Å². The summed E-state index contributed by atoms with van der Waals surface area (Å²) in [7, 11) is 0. The van der Waals surface area contributed by atoms with E-state index in [1.165, 1.54) is 0 Å². The van der Waals surface area contributed by atoms with Crippen molar-refractivity contribution in [2.45, 2.75) is 40.2 Å². The van der Waals surface area contributed by atoms with Crippen LogP contribution in [0.4, 0.5) is 0 Å². The van der Waals surface area contributed by atoms with Crippen LogP contribution in [0.2, 0.25) is 0 Å². The van der Waals surface area contributed by atoms with Crippen LogP contribution < -0.4 is 5.32 Å². The molecule has 2 heteroatoms. The van der Waals surface area contributed by atoms with E-state index in [0.29, 0.717) is 12.5 Å². The van der Waals surface area contributed by atoms with Crippen LogP contribution in [0.25, 0.3) is 0 Å². The van der Waals surface area contributed by atoms with Gasteiger partial charge >= 0.3 is 0 Å². The molecule has 0 amide bonds. The van der Waals surface area contributed by atoms with E-state index in [2.05, 4.69) is 19.2 Å². The average molecular weight is 185 g/mol. The van der Waals surface area contributed by atoms with Crippen molar-refractivity contribution in [1.82, 2.24) is 5.32 Å². The molecule has 0 heterocycles. The lowest BCUT2D eigenvalue weighted by Crippen LogP contribution is -2.37. The third-order valence-corrected chi connectivity index (χ3v) is 1.64. The Kier molecular flexibility index (Phi) is 5.26. The second kappa shape index (κ2) is 5.40. The fourth-order valence-electron chi connectivity index (χ4n) is 1.29. The van der Waals surface area contributed by atoms with E-state index in [4.69, 9.17) is 0 Å². The number of hydrogen-bond acceptors (Lipinski definition) is 2. The van der Waals surface area contributed by atoms with Crippen LogP contribution in [0.5, 0.6) is 0 Å². The van der Waals surface area contributed by atoms with Gasteiger partial charge in [-0.3, -0.25) is 0 Å². The topological polar surface area (TPSA) is 32.3 Å². The molecule has 0 aromatic carbocycles. The molecular formula is C11H23NO. The second-order valence-electron chi connectivity index (χ2n) is 4.60. The number of allylic oxidation sites excluding steroid dienone is 1. The minimum atomic E-state index is -0.715. The monoisotopic (exact) mass is 185 g/mol. The van der Waals surface area contributed by atoms with E-state index in [1.54, 1.807) is 0 Å². The largest absolute Gasteiger partial charge is 0.385 e. The molecule has 2 N–H and O–H groups in total. The van der Waals surface area contributed by atoms with Crippen molar-refractivity contribution in [3.8, 4) is 0 Å². The maximum Gasteiger partial charge on any atom is 0.0925 e. The SMILES string of the molecule is CC(C)=CC(C)(O)CNCC(C)C. The Hall–Kier alpha value is -0.340. The third kappa shape index (κ3) is 8.00. The number of rotatable bonds is 5. The van der Waals surface area contributed by atoms with Crippen LogP contribution in [0, 0.1) is 5.92 Å². The summed E-state index contributed by atoms with van der Waals surface area (Å²) in [6.07, 6.45) is 1.89. The lowest BCUT2D eigenvalue weighted by Gasteiger charge is -2.21. The van der Waals surface area contributed by atoms with Crippen LogP contribution in [0.15, 0.2) is 11.6 Å². The molecule has 0 aliphatic rings. The van der Waals surface area contributed by atoms with Crippen LogP contribution in [0.1, 0.15) is 34.6 Å². The van der Waals surface area contributed by atoms with Crippen molar-refractivity contribution >= 4 is 0 Å². The zero-order valence-electron chi connectivity index (χ0n) is 9.52. The molecule has 0 spiro atoms. The quantitative estimate of drug-likeness (QED) is 0.642. The summed E-state index contributed by atoms with van der Waals surface area (Å²) in [5.41, 5.74) is 0.435. The maximum absolute atomic E-state index is 9.86. The zero-order valence-corrected chi connectivity index (χ0v) is 9.52. The molecule has 78 valence electrons. The normalized spacial score (nSPS) is 15.6. The third-order valence-electron chi connectivity index (χ3n) is 1.64. The predicted octanol–water partition coefficient (Wildman–Crippen LogP) is 1.95. The summed E-state index contributed by atoms with van der Waals surface area (Å²) in [6, 6.07) is 0. The molecule has 13 heavy (non-hydrogen) atoms. The molecule has 0 bridgehead atoms. The molecule has 1 unspecified atom stereocenters. The zero-order chi connectivity index (χ0) is 10.5. The van der Waals surface area contributed by atoms with Gasteiger partial charge in [0.1, 0.15) is 0 Å². The summed E-state index contributed by atoms with van der Waals surface area (Å²) in [6.45, 7) is 11.7. The smallest absolute Gasteiger partial charge is 0.0925 e. The Morgan fingerprint density at radius 1 is 1.46 bits per heavy atom. The highest BCUT2D eigenvalue weighted by atomic mass is 16.3. The Morgan fingerprint density at radius 2 is 2.00 bits per heavy atom. The van der Waals surface area contributed by atoms with E-state index in [-0.39, 0.29) is 0 Å². The first-order chi connectivity index (χ1) is 5.83.